The zero-order chi connectivity index (χ0) is 32.6. The normalized spacial score (nSPS) is 15.5. The van der Waals surface area contributed by atoms with Crippen molar-refractivity contribution in [3.05, 3.63) is 24.3 Å². The Labute approximate surface area is 268 Å². The Morgan fingerprint density at radius 2 is 0.867 bits per heavy atom. The third-order valence-corrected chi connectivity index (χ3v) is 6.97. The molecule has 0 saturated carbocycles. The molecule has 1 aromatic rings. The topological polar surface area (TPSA) is 139 Å². The first-order valence-corrected chi connectivity index (χ1v) is 15.6. The van der Waals surface area contributed by atoms with Crippen molar-refractivity contribution in [1.29, 1.82) is 0 Å². The Hall–Kier alpha value is -1.85. The summed E-state index contributed by atoms with van der Waals surface area (Å²) in [5.74, 6) is -0.106. The molecule has 45 heavy (non-hydrogen) atoms. The molecule has 1 aliphatic heterocycles. The van der Waals surface area contributed by atoms with E-state index in [0.29, 0.717) is 106 Å². The van der Waals surface area contributed by atoms with E-state index in [1.807, 2.05) is 52.0 Å². The van der Waals surface area contributed by atoms with Gasteiger partial charge in [0.2, 0.25) is 0 Å². The molecule has 0 radical (unpaired) electrons. The second kappa shape index (κ2) is 23.5. The van der Waals surface area contributed by atoms with Gasteiger partial charge >= 0.3 is 13.1 Å². The van der Waals surface area contributed by atoms with Crippen molar-refractivity contribution in [2.45, 2.75) is 45.3 Å². The standard InChI is InChI=1S/C31H53BO13/c1-30(2)31(3,4)45-32(44-30)27-5-7-28(8-6-27)43-26-25-42-24-23-41-22-21-40-20-19-39-18-17-38-16-15-37-14-13-36-12-11-35-10-9-29(33)34/h5-8H,9-26H2,1-4H3,(H,33,34). The molecular formula is C31H53BO13. The van der Waals surface area contributed by atoms with Gasteiger partial charge in [-0.25, -0.2) is 0 Å². The molecule has 0 amide bonds. The van der Waals surface area contributed by atoms with Crippen LogP contribution in [0.3, 0.4) is 0 Å². The summed E-state index contributed by atoms with van der Waals surface area (Å²) in [6.07, 6.45) is -0.00235. The fraction of sp³-hybridized carbons (Fsp3) is 0.774. The van der Waals surface area contributed by atoms with E-state index >= 15 is 0 Å². The zero-order valence-corrected chi connectivity index (χ0v) is 27.5. The quantitative estimate of drug-likeness (QED) is 0.101. The van der Waals surface area contributed by atoms with E-state index in [2.05, 4.69) is 0 Å². The van der Waals surface area contributed by atoms with Gasteiger partial charge in [-0.3, -0.25) is 4.79 Å². The number of hydrogen-bond acceptors (Lipinski definition) is 12. The van der Waals surface area contributed by atoms with Crippen molar-refractivity contribution in [2.24, 2.45) is 0 Å². The first-order valence-electron chi connectivity index (χ1n) is 15.6. The number of ether oxygens (including phenoxy) is 9. The van der Waals surface area contributed by atoms with Gasteiger partial charge in [0.05, 0.1) is 123 Å². The zero-order valence-electron chi connectivity index (χ0n) is 27.5. The molecule has 0 bridgehead atoms. The minimum atomic E-state index is -0.874. The van der Waals surface area contributed by atoms with Gasteiger partial charge in [0.1, 0.15) is 12.4 Å². The van der Waals surface area contributed by atoms with Gasteiger partial charge in [0.15, 0.2) is 0 Å². The summed E-state index contributed by atoms with van der Waals surface area (Å²) in [5.41, 5.74) is 0.234. The number of aliphatic carboxylic acids is 1. The molecule has 13 nitrogen and oxygen atoms in total. The first-order chi connectivity index (χ1) is 21.7. The van der Waals surface area contributed by atoms with Gasteiger partial charge in [0, 0.05) is 0 Å². The molecule has 0 unspecified atom stereocenters. The molecule has 1 saturated heterocycles. The number of carboxylic acid groups (broad SMARTS) is 1. The Kier molecular flexibility index (Phi) is 20.5. The van der Waals surface area contributed by atoms with Crippen molar-refractivity contribution in [3.8, 4) is 5.75 Å². The summed E-state index contributed by atoms with van der Waals surface area (Å²) in [6.45, 7) is 15.8. The van der Waals surface area contributed by atoms with E-state index in [9.17, 15) is 4.79 Å². The van der Waals surface area contributed by atoms with E-state index in [1.54, 1.807) is 0 Å². The Morgan fingerprint density at radius 3 is 1.20 bits per heavy atom. The monoisotopic (exact) mass is 644 g/mol. The van der Waals surface area contributed by atoms with E-state index < -0.39 is 5.97 Å². The lowest BCUT2D eigenvalue weighted by Gasteiger charge is -2.32. The maximum absolute atomic E-state index is 10.3. The van der Waals surface area contributed by atoms with Crippen LogP contribution in [0, 0.1) is 0 Å². The fourth-order valence-corrected chi connectivity index (χ4v) is 3.72. The Bertz CT molecular complexity index is 869. The van der Waals surface area contributed by atoms with Crippen molar-refractivity contribution < 1.29 is 61.8 Å². The highest BCUT2D eigenvalue weighted by Crippen LogP contribution is 2.36. The summed E-state index contributed by atoms with van der Waals surface area (Å²) in [5, 5.41) is 8.49. The molecule has 1 aromatic carbocycles. The van der Waals surface area contributed by atoms with Crippen LogP contribution in [0.25, 0.3) is 0 Å². The summed E-state index contributed by atoms with van der Waals surface area (Å²) in [7, 11) is -0.383. The molecule has 1 fully saturated rings. The van der Waals surface area contributed by atoms with Crippen LogP contribution < -0.4 is 10.2 Å². The second-order valence-corrected chi connectivity index (χ2v) is 11.0. The van der Waals surface area contributed by atoms with E-state index in [1.165, 1.54) is 0 Å². The minimum Gasteiger partial charge on any atom is -0.491 e. The van der Waals surface area contributed by atoms with Gasteiger partial charge in [-0.1, -0.05) is 12.1 Å². The van der Waals surface area contributed by atoms with Crippen LogP contribution in [0.5, 0.6) is 5.75 Å². The first kappa shape index (κ1) is 39.3. The average molecular weight is 645 g/mol. The highest BCUT2D eigenvalue weighted by atomic mass is 16.7. The Morgan fingerprint density at radius 1 is 0.556 bits per heavy atom. The highest BCUT2D eigenvalue weighted by Gasteiger charge is 2.51. The minimum absolute atomic E-state index is 0.00235. The highest BCUT2D eigenvalue weighted by molar-refractivity contribution is 6.62. The van der Waals surface area contributed by atoms with Crippen molar-refractivity contribution in [1.82, 2.24) is 0 Å². The molecule has 1 heterocycles. The van der Waals surface area contributed by atoms with Gasteiger partial charge in [-0.05, 0) is 45.3 Å². The third kappa shape index (κ3) is 18.2. The van der Waals surface area contributed by atoms with Gasteiger partial charge in [0.25, 0.3) is 0 Å². The van der Waals surface area contributed by atoms with Crippen LogP contribution in [-0.4, -0.2) is 142 Å². The van der Waals surface area contributed by atoms with Crippen LogP contribution in [0.4, 0.5) is 0 Å². The summed E-state index contributed by atoms with van der Waals surface area (Å²) in [4.78, 5) is 10.3. The van der Waals surface area contributed by atoms with Gasteiger partial charge < -0.3 is 57.0 Å². The van der Waals surface area contributed by atoms with Crippen LogP contribution in [0.1, 0.15) is 34.1 Å². The van der Waals surface area contributed by atoms with Crippen LogP contribution in [-0.2, 0) is 52.0 Å². The molecule has 0 atom stereocenters. The van der Waals surface area contributed by atoms with Crippen molar-refractivity contribution in [2.75, 3.05) is 112 Å². The molecule has 1 aliphatic rings. The van der Waals surface area contributed by atoms with Crippen LogP contribution >= 0.6 is 0 Å². The lowest BCUT2D eigenvalue weighted by molar-refractivity contribution is -0.138. The largest absolute Gasteiger partial charge is 0.494 e. The van der Waals surface area contributed by atoms with E-state index in [-0.39, 0.29) is 31.3 Å². The predicted molar refractivity (Wildman–Crippen MR) is 166 cm³/mol. The third-order valence-electron chi connectivity index (χ3n) is 6.97. The number of carboxylic acids is 1. The Balaban J connectivity index is 1.25. The molecule has 0 spiro atoms. The molecule has 2 rings (SSSR count). The number of carbonyl (C=O) groups is 1. The SMILES string of the molecule is CC1(C)OB(c2ccc(OCCOCCOCCOCCOCCOCCOCCOCCOCCC(=O)O)cc2)OC1(C)C. The molecule has 0 aliphatic carbocycles. The molecule has 1 N–H and O–H groups in total. The maximum Gasteiger partial charge on any atom is 0.494 e. The number of rotatable bonds is 29. The lowest BCUT2D eigenvalue weighted by Crippen LogP contribution is -2.41. The van der Waals surface area contributed by atoms with Crippen LogP contribution in [0.15, 0.2) is 24.3 Å². The fourth-order valence-electron chi connectivity index (χ4n) is 3.72. The molecular weight excluding hydrogens is 591 g/mol. The second-order valence-electron chi connectivity index (χ2n) is 11.0. The number of hydrogen-bond donors (Lipinski definition) is 1. The average Bonchev–Trinajstić information content (AvgIpc) is 3.23. The van der Waals surface area contributed by atoms with E-state index in [4.69, 9.17) is 57.0 Å². The molecule has 0 aromatic heterocycles. The van der Waals surface area contributed by atoms with E-state index in [0.717, 1.165) is 11.2 Å². The lowest BCUT2D eigenvalue weighted by atomic mass is 9.79. The van der Waals surface area contributed by atoms with Gasteiger partial charge in [-0.15, -0.1) is 0 Å². The van der Waals surface area contributed by atoms with Crippen LogP contribution in [0.2, 0.25) is 0 Å². The predicted octanol–water partition coefficient (Wildman–Crippen LogP) is 1.97. The molecule has 258 valence electrons. The van der Waals surface area contributed by atoms with Crippen molar-refractivity contribution >= 4 is 18.6 Å². The number of benzene rings is 1. The van der Waals surface area contributed by atoms with Gasteiger partial charge in [-0.2, -0.15) is 0 Å². The smallest absolute Gasteiger partial charge is 0.491 e. The maximum atomic E-state index is 10.3. The summed E-state index contributed by atoms with van der Waals surface area (Å²) < 4.78 is 61.2. The summed E-state index contributed by atoms with van der Waals surface area (Å²) in [6, 6.07) is 7.75. The summed E-state index contributed by atoms with van der Waals surface area (Å²) >= 11 is 0. The molecule has 14 heteroatoms. The van der Waals surface area contributed by atoms with Crippen molar-refractivity contribution in [3.63, 3.8) is 0 Å².